The van der Waals surface area contributed by atoms with Crippen molar-refractivity contribution in [1.82, 2.24) is 4.90 Å². The van der Waals surface area contributed by atoms with E-state index in [4.69, 9.17) is 0 Å². The molecule has 2 aliphatic rings. The van der Waals surface area contributed by atoms with Crippen molar-refractivity contribution in [1.29, 1.82) is 0 Å². The minimum Gasteiger partial charge on any atom is -0.481 e. The molecule has 0 spiro atoms. The lowest BCUT2D eigenvalue weighted by Crippen LogP contribution is -2.45. The molecule has 0 aromatic carbocycles. The second-order valence-electron chi connectivity index (χ2n) is 6.77. The Morgan fingerprint density at radius 1 is 1.05 bits per heavy atom. The second-order valence-corrected chi connectivity index (χ2v) is 6.77. The Kier molecular flexibility index (Phi) is 5.26. The molecule has 2 fully saturated rings. The third-order valence-corrected chi connectivity index (χ3v) is 5.27. The Hall–Kier alpha value is -0.570. The first-order valence-corrected chi connectivity index (χ1v) is 8.06. The SMILES string of the molecule is CC(C)C1CCCN(C2CCCCC2C(=O)O)CC1. The van der Waals surface area contributed by atoms with Crippen LogP contribution < -0.4 is 0 Å². The van der Waals surface area contributed by atoms with E-state index in [1.807, 2.05) is 0 Å². The van der Waals surface area contributed by atoms with Gasteiger partial charge in [0.25, 0.3) is 0 Å². The lowest BCUT2D eigenvalue weighted by atomic mass is 9.83. The van der Waals surface area contributed by atoms with Gasteiger partial charge in [0.1, 0.15) is 0 Å². The van der Waals surface area contributed by atoms with Crippen molar-refractivity contribution in [2.45, 2.75) is 64.8 Å². The van der Waals surface area contributed by atoms with Crippen LogP contribution in [-0.2, 0) is 4.79 Å². The van der Waals surface area contributed by atoms with E-state index in [0.717, 1.165) is 44.2 Å². The molecule has 0 amide bonds. The minimum atomic E-state index is -0.575. The van der Waals surface area contributed by atoms with Crippen molar-refractivity contribution in [2.24, 2.45) is 17.8 Å². The summed E-state index contributed by atoms with van der Waals surface area (Å²) in [5, 5.41) is 9.42. The van der Waals surface area contributed by atoms with Crippen LogP contribution in [0.3, 0.4) is 0 Å². The Labute approximate surface area is 117 Å². The largest absolute Gasteiger partial charge is 0.481 e. The first-order chi connectivity index (χ1) is 9.09. The van der Waals surface area contributed by atoms with Crippen LogP contribution in [-0.4, -0.2) is 35.1 Å². The number of carbonyl (C=O) groups is 1. The summed E-state index contributed by atoms with van der Waals surface area (Å²) in [4.78, 5) is 13.9. The van der Waals surface area contributed by atoms with Gasteiger partial charge >= 0.3 is 5.97 Å². The smallest absolute Gasteiger partial charge is 0.308 e. The Morgan fingerprint density at radius 2 is 1.79 bits per heavy atom. The van der Waals surface area contributed by atoms with E-state index in [2.05, 4.69) is 18.7 Å². The van der Waals surface area contributed by atoms with Crippen molar-refractivity contribution < 1.29 is 9.90 Å². The van der Waals surface area contributed by atoms with Gasteiger partial charge in [-0.2, -0.15) is 0 Å². The Morgan fingerprint density at radius 3 is 2.47 bits per heavy atom. The van der Waals surface area contributed by atoms with Crippen LogP contribution in [0.4, 0.5) is 0 Å². The molecule has 0 radical (unpaired) electrons. The van der Waals surface area contributed by atoms with E-state index >= 15 is 0 Å². The lowest BCUT2D eigenvalue weighted by Gasteiger charge is -2.37. The zero-order valence-electron chi connectivity index (χ0n) is 12.5. The third kappa shape index (κ3) is 3.71. The average Bonchev–Trinajstić information content (AvgIpc) is 2.64. The summed E-state index contributed by atoms with van der Waals surface area (Å²) in [7, 11) is 0. The molecule has 1 saturated heterocycles. The number of likely N-dealkylation sites (tertiary alicyclic amines) is 1. The highest BCUT2D eigenvalue weighted by Gasteiger charge is 2.35. The van der Waals surface area contributed by atoms with E-state index in [1.165, 1.54) is 25.7 Å². The standard InChI is InChI=1S/C16H29NO2/c1-12(2)13-6-5-10-17(11-9-13)15-8-4-3-7-14(15)16(18)19/h12-15H,3-11H2,1-2H3,(H,18,19). The number of nitrogens with zero attached hydrogens (tertiary/aromatic N) is 1. The van der Waals surface area contributed by atoms with Crippen LogP contribution in [0.25, 0.3) is 0 Å². The molecular weight excluding hydrogens is 238 g/mol. The molecular formula is C16H29NO2. The van der Waals surface area contributed by atoms with Gasteiger partial charge in [-0.05, 0) is 57.0 Å². The molecule has 1 aliphatic heterocycles. The monoisotopic (exact) mass is 267 g/mol. The fraction of sp³-hybridized carbons (Fsp3) is 0.938. The molecule has 3 unspecified atom stereocenters. The Balaban J connectivity index is 1.98. The molecule has 3 nitrogen and oxygen atoms in total. The van der Waals surface area contributed by atoms with E-state index in [0.29, 0.717) is 6.04 Å². The van der Waals surface area contributed by atoms with Crippen LogP contribution in [0, 0.1) is 17.8 Å². The van der Waals surface area contributed by atoms with Gasteiger partial charge in [-0.3, -0.25) is 9.69 Å². The van der Waals surface area contributed by atoms with Gasteiger partial charge in [-0.15, -0.1) is 0 Å². The molecule has 0 aromatic rings. The number of carboxylic acids is 1. The second kappa shape index (κ2) is 6.74. The molecule has 1 heterocycles. The van der Waals surface area contributed by atoms with Gasteiger partial charge < -0.3 is 5.11 Å². The predicted octanol–water partition coefficient (Wildman–Crippen LogP) is 3.39. The maximum atomic E-state index is 11.4. The van der Waals surface area contributed by atoms with Crippen LogP contribution in [0.15, 0.2) is 0 Å². The van der Waals surface area contributed by atoms with Gasteiger partial charge in [-0.25, -0.2) is 0 Å². The fourth-order valence-electron chi connectivity index (χ4n) is 3.98. The molecule has 3 atom stereocenters. The van der Waals surface area contributed by atoms with Gasteiger partial charge in [0.2, 0.25) is 0 Å². The number of hydrogen-bond donors (Lipinski definition) is 1. The zero-order valence-corrected chi connectivity index (χ0v) is 12.5. The van der Waals surface area contributed by atoms with Gasteiger partial charge in [-0.1, -0.05) is 26.7 Å². The third-order valence-electron chi connectivity index (χ3n) is 5.27. The highest BCUT2D eigenvalue weighted by atomic mass is 16.4. The highest BCUT2D eigenvalue weighted by molar-refractivity contribution is 5.71. The lowest BCUT2D eigenvalue weighted by molar-refractivity contribution is -0.145. The summed E-state index contributed by atoms with van der Waals surface area (Å²) in [6, 6.07) is 0.303. The molecule has 0 bridgehead atoms. The summed E-state index contributed by atoms with van der Waals surface area (Å²) in [6.45, 7) is 6.86. The number of carboxylic acid groups (broad SMARTS) is 1. The molecule has 1 aliphatic carbocycles. The molecule has 1 saturated carbocycles. The summed E-state index contributed by atoms with van der Waals surface area (Å²) in [5.41, 5.74) is 0. The van der Waals surface area contributed by atoms with Crippen molar-refractivity contribution in [3.8, 4) is 0 Å². The average molecular weight is 267 g/mol. The summed E-state index contributed by atoms with van der Waals surface area (Å²) >= 11 is 0. The first kappa shape index (κ1) is 14.8. The van der Waals surface area contributed by atoms with Crippen LogP contribution in [0.1, 0.15) is 58.8 Å². The topological polar surface area (TPSA) is 40.5 Å². The molecule has 2 rings (SSSR count). The van der Waals surface area contributed by atoms with Crippen LogP contribution in [0.2, 0.25) is 0 Å². The number of aliphatic carboxylic acids is 1. The zero-order chi connectivity index (χ0) is 13.8. The normalized spacial score (nSPS) is 34.2. The molecule has 3 heteroatoms. The van der Waals surface area contributed by atoms with Crippen molar-refractivity contribution in [2.75, 3.05) is 13.1 Å². The van der Waals surface area contributed by atoms with Gasteiger partial charge in [0, 0.05) is 6.04 Å². The minimum absolute atomic E-state index is 0.121. The first-order valence-electron chi connectivity index (χ1n) is 8.06. The van der Waals surface area contributed by atoms with Crippen molar-refractivity contribution in [3.05, 3.63) is 0 Å². The predicted molar refractivity (Wildman–Crippen MR) is 77.1 cm³/mol. The molecule has 110 valence electrons. The van der Waals surface area contributed by atoms with Crippen LogP contribution >= 0.6 is 0 Å². The van der Waals surface area contributed by atoms with Crippen molar-refractivity contribution >= 4 is 5.97 Å². The summed E-state index contributed by atoms with van der Waals surface area (Å²) in [5.74, 6) is 0.900. The summed E-state index contributed by atoms with van der Waals surface area (Å²) in [6.07, 6.45) is 8.08. The number of hydrogen-bond acceptors (Lipinski definition) is 2. The maximum absolute atomic E-state index is 11.4. The van der Waals surface area contributed by atoms with Crippen LogP contribution in [0.5, 0.6) is 0 Å². The van der Waals surface area contributed by atoms with E-state index in [9.17, 15) is 9.90 Å². The molecule has 1 N–H and O–H groups in total. The van der Waals surface area contributed by atoms with E-state index in [1.54, 1.807) is 0 Å². The van der Waals surface area contributed by atoms with Gasteiger partial charge in [0.05, 0.1) is 5.92 Å². The quantitative estimate of drug-likeness (QED) is 0.852. The fourth-order valence-corrected chi connectivity index (χ4v) is 3.98. The highest BCUT2D eigenvalue weighted by Crippen LogP contribution is 2.32. The van der Waals surface area contributed by atoms with E-state index < -0.39 is 5.97 Å². The van der Waals surface area contributed by atoms with Gasteiger partial charge in [0.15, 0.2) is 0 Å². The van der Waals surface area contributed by atoms with E-state index in [-0.39, 0.29) is 5.92 Å². The molecule has 19 heavy (non-hydrogen) atoms. The maximum Gasteiger partial charge on any atom is 0.308 e. The summed E-state index contributed by atoms with van der Waals surface area (Å²) < 4.78 is 0. The molecule has 0 aromatic heterocycles. The van der Waals surface area contributed by atoms with Crippen molar-refractivity contribution in [3.63, 3.8) is 0 Å². The number of rotatable bonds is 3. The Bertz CT molecular complexity index is 303.